The van der Waals surface area contributed by atoms with Gasteiger partial charge in [-0.05, 0) is 11.6 Å². The Morgan fingerprint density at radius 3 is 2.76 bits per heavy atom. The Hall–Kier alpha value is -1.87. The molecule has 1 N–H and O–H groups in total. The van der Waals surface area contributed by atoms with E-state index in [2.05, 4.69) is 34.7 Å². The molecular formula is C14H17N3. The largest absolute Gasteiger partial charge is 0.308 e. The standard InChI is InChI=1S/C14H17N3/c1-17-14(9-11-16-17)12-15-10-5-8-13-6-3-2-4-7-13/h2-9,11,15H,10,12H2,1H3. The Balaban J connectivity index is 1.74. The van der Waals surface area contributed by atoms with Crippen molar-refractivity contribution < 1.29 is 0 Å². The summed E-state index contributed by atoms with van der Waals surface area (Å²) in [5, 5.41) is 7.47. The van der Waals surface area contributed by atoms with Crippen molar-refractivity contribution >= 4 is 6.08 Å². The quantitative estimate of drug-likeness (QED) is 0.794. The topological polar surface area (TPSA) is 29.9 Å². The smallest absolute Gasteiger partial charge is 0.0518 e. The van der Waals surface area contributed by atoms with Gasteiger partial charge in [-0.3, -0.25) is 4.68 Å². The first-order valence-corrected chi connectivity index (χ1v) is 5.75. The SMILES string of the molecule is Cn1nccc1CNCC=Cc1ccccc1. The van der Waals surface area contributed by atoms with Gasteiger partial charge in [0.05, 0.1) is 5.69 Å². The highest BCUT2D eigenvalue weighted by Gasteiger charge is 1.95. The highest BCUT2D eigenvalue weighted by atomic mass is 15.3. The molecule has 3 heteroatoms. The number of nitrogens with zero attached hydrogens (tertiary/aromatic N) is 2. The number of aryl methyl sites for hydroxylation is 1. The first-order chi connectivity index (χ1) is 8.36. The van der Waals surface area contributed by atoms with Crippen molar-refractivity contribution in [2.45, 2.75) is 6.54 Å². The van der Waals surface area contributed by atoms with E-state index in [1.54, 1.807) is 0 Å². The summed E-state index contributed by atoms with van der Waals surface area (Å²) in [6, 6.07) is 12.3. The van der Waals surface area contributed by atoms with E-state index in [1.807, 2.05) is 42.2 Å². The minimum atomic E-state index is 0.843. The van der Waals surface area contributed by atoms with Crippen molar-refractivity contribution in [1.29, 1.82) is 0 Å². The van der Waals surface area contributed by atoms with Crippen LogP contribution in [-0.2, 0) is 13.6 Å². The summed E-state index contributed by atoms with van der Waals surface area (Å²) in [6.07, 6.45) is 6.07. The van der Waals surface area contributed by atoms with E-state index in [-0.39, 0.29) is 0 Å². The molecule has 0 aliphatic carbocycles. The molecule has 2 aromatic rings. The van der Waals surface area contributed by atoms with Gasteiger partial charge in [-0.25, -0.2) is 0 Å². The van der Waals surface area contributed by atoms with Gasteiger partial charge in [-0.1, -0.05) is 42.5 Å². The van der Waals surface area contributed by atoms with Crippen molar-refractivity contribution in [3.63, 3.8) is 0 Å². The molecule has 0 radical (unpaired) electrons. The van der Waals surface area contributed by atoms with Crippen molar-refractivity contribution in [2.24, 2.45) is 7.05 Å². The van der Waals surface area contributed by atoms with Gasteiger partial charge in [0.1, 0.15) is 0 Å². The third-order valence-corrected chi connectivity index (χ3v) is 2.60. The Morgan fingerprint density at radius 1 is 1.24 bits per heavy atom. The van der Waals surface area contributed by atoms with Crippen LogP contribution in [0.15, 0.2) is 48.7 Å². The maximum atomic E-state index is 4.12. The molecule has 1 aromatic heterocycles. The highest BCUT2D eigenvalue weighted by Crippen LogP contribution is 2.00. The molecule has 0 aliphatic heterocycles. The molecule has 2 rings (SSSR count). The maximum absolute atomic E-state index is 4.12. The molecule has 0 saturated carbocycles. The van der Waals surface area contributed by atoms with Crippen LogP contribution < -0.4 is 5.32 Å². The average Bonchev–Trinajstić information content (AvgIpc) is 2.76. The molecule has 88 valence electrons. The van der Waals surface area contributed by atoms with E-state index in [4.69, 9.17) is 0 Å². The van der Waals surface area contributed by atoms with E-state index in [0.717, 1.165) is 13.1 Å². The Labute approximate surface area is 102 Å². The summed E-state index contributed by atoms with van der Waals surface area (Å²) in [6.45, 7) is 1.70. The Kier molecular flexibility index (Phi) is 4.11. The summed E-state index contributed by atoms with van der Waals surface area (Å²) in [4.78, 5) is 0. The summed E-state index contributed by atoms with van der Waals surface area (Å²) in [7, 11) is 1.96. The first kappa shape index (κ1) is 11.6. The van der Waals surface area contributed by atoms with E-state index < -0.39 is 0 Å². The summed E-state index contributed by atoms with van der Waals surface area (Å²) < 4.78 is 1.88. The van der Waals surface area contributed by atoms with Gasteiger partial charge in [0.15, 0.2) is 0 Å². The predicted molar refractivity (Wildman–Crippen MR) is 70.4 cm³/mol. The van der Waals surface area contributed by atoms with Crippen LogP contribution in [0.2, 0.25) is 0 Å². The molecule has 0 unspecified atom stereocenters. The molecule has 0 bridgehead atoms. The van der Waals surface area contributed by atoms with Crippen molar-refractivity contribution in [3.05, 3.63) is 59.9 Å². The van der Waals surface area contributed by atoms with Gasteiger partial charge in [0, 0.05) is 26.3 Å². The van der Waals surface area contributed by atoms with Gasteiger partial charge in [0.25, 0.3) is 0 Å². The highest BCUT2D eigenvalue weighted by molar-refractivity contribution is 5.48. The fourth-order valence-electron chi connectivity index (χ4n) is 1.62. The first-order valence-electron chi connectivity index (χ1n) is 5.75. The van der Waals surface area contributed by atoms with Crippen LogP contribution >= 0.6 is 0 Å². The number of rotatable bonds is 5. The van der Waals surface area contributed by atoms with Crippen molar-refractivity contribution in [2.75, 3.05) is 6.54 Å². The van der Waals surface area contributed by atoms with E-state index in [0.29, 0.717) is 0 Å². The van der Waals surface area contributed by atoms with Crippen molar-refractivity contribution in [1.82, 2.24) is 15.1 Å². The number of nitrogens with one attached hydrogen (secondary N) is 1. The zero-order chi connectivity index (χ0) is 11.9. The van der Waals surface area contributed by atoms with Crippen LogP contribution in [0.3, 0.4) is 0 Å². The normalized spacial score (nSPS) is 11.1. The fraction of sp³-hybridized carbons (Fsp3) is 0.214. The zero-order valence-corrected chi connectivity index (χ0v) is 10.0. The lowest BCUT2D eigenvalue weighted by atomic mass is 10.2. The molecule has 0 aliphatic rings. The summed E-state index contributed by atoms with van der Waals surface area (Å²) >= 11 is 0. The zero-order valence-electron chi connectivity index (χ0n) is 10.0. The molecule has 0 amide bonds. The average molecular weight is 227 g/mol. The predicted octanol–water partition coefficient (Wildman–Crippen LogP) is 2.22. The maximum Gasteiger partial charge on any atom is 0.0518 e. The van der Waals surface area contributed by atoms with E-state index >= 15 is 0 Å². The summed E-state index contributed by atoms with van der Waals surface area (Å²) in [5.74, 6) is 0. The van der Waals surface area contributed by atoms with Gasteiger partial charge in [-0.2, -0.15) is 5.10 Å². The van der Waals surface area contributed by atoms with Crippen LogP contribution in [-0.4, -0.2) is 16.3 Å². The monoisotopic (exact) mass is 227 g/mol. The van der Waals surface area contributed by atoms with Gasteiger partial charge in [0.2, 0.25) is 0 Å². The Bertz CT molecular complexity index is 471. The minimum Gasteiger partial charge on any atom is -0.308 e. The molecular weight excluding hydrogens is 210 g/mol. The second-order valence-electron chi connectivity index (χ2n) is 3.89. The Morgan fingerprint density at radius 2 is 2.06 bits per heavy atom. The molecule has 0 spiro atoms. The third kappa shape index (κ3) is 3.57. The molecule has 0 atom stereocenters. The van der Waals surface area contributed by atoms with Crippen LogP contribution in [0, 0.1) is 0 Å². The van der Waals surface area contributed by atoms with Gasteiger partial charge in [-0.15, -0.1) is 0 Å². The lowest BCUT2D eigenvalue weighted by molar-refractivity contribution is 0.655. The number of hydrogen-bond donors (Lipinski definition) is 1. The van der Waals surface area contributed by atoms with Crippen LogP contribution in [0.4, 0.5) is 0 Å². The molecule has 3 nitrogen and oxygen atoms in total. The van der Waals surface area contributed by atoms with E-state index in [9.17, 15) is 0 Å². The molecule has 1 heterocycles. The minimum absolute atomic E-state index is 0.843. The van der Waals surface area contributed by atoms with Gasteiger partial charge < -0.3 is 5.32 Å². The molecule has 17 heavy (non-hydrogen) atoms. The third-order valence-electron chi connectivity index (χ3n) is 2.60. The van der Waals surface area contributed by atoms with Crippen molar-refractivity contribution in [3.8, 4) is 0 Å². The molecule has 0 fully saturated rings. The second-order valence-corrected chi connectivity index (χ2v) is 3.89. The van der Waals surface area contributed by atoms with Crippen LogP contribution in [0.25, 0.3) is 6.08 Å². The fourth-order valence-corrected chi connectivity index (χ4v) is 1.62. The van der Waals surface area contributed by atoms with Crippen LogP contribution in [0.1, 0.15) is 11.3 Å². The molecule has 0 saturated heterocycles. The lowest BCUT2D eigenvalue weighted by Crippen LogP contribution is -2.15. The molecule has 1 aromatic carbocycles. The number of aromatic nitrogens is 2. The number of benzene rings is 1. The number of hydrogen-bond acceptors (Lipinski definition) is 2. The lowest BCUT2D eigenvalue weighted by Gasteiger charge is -2.01. The van der Waals surface area contributed by atoms with E-state index in [1.165, 1.54) is 11.3 Å². The summed E-state index contributed by atoms with van der Waals surface area (Å²) in [5.41, 5.74) is 2.42. The van der Waals surface area contributed by atoms with Gasteiger partial charge >= 0.3 is 0 Å². The van der Waals surface area contributed by atoms with Crippen LogP contribution in [0.5, 0.6) is 0 Å². The second kappa shape index (κ2) is 6.01.